The highest BCUT2D eigenvalue weighted by molar-refractivity contribution is 5.68. The predicted molar refractivity (Wildman–Crippen MR) is 68.9 cm³/mol. The van der Waals surface area contributed by atoms with Crippen LogP contribution in [-0.4, -0.2) is 17.7 Å². The van der Waals surface area contributed by atoms with Crippen molar-refractivity contribution in [3.8, 4) is 0 Å². The molecule has 1 atom stereocenters. The van der Waals surface area contributed by atoms with Crippen molar-refractivity contribution in [2.24, 2.45) is 0 Å². The number of hydrogen-bond acceptors (Lipinski definition) is 2. The second kappa shape index (κ2) is 5.99. The molecule has 0 spiro atoms. The third-order valence-corrected chi connectivity index (χ3v) is 2.30. The van der Waals surface area contributed by atoms with Crippen LogP contribution in [0.4, 0.5) is 13.6 Å². The van der Waals surface area contributed by atoms with Crippen molar-refractivity contribution in [2.75, 3.05) is 0 Å². The number of hydrogen-bond donors (Lipinski definition) is 1. The van der Waals surface area contributed by atoms with E-state index in [1.54, 1.807) is 27.7 Å². The number of benzene rings is 1. The molecular weight excluding hydrogens is 252 g/mol. The van der Waals surface area contributed by atoms with E-state index in [9.17, 15) is 13.6 Å². The maximum Gasteiger partial charge on any atom is 0.407 e. The van der Waals surface area contributed by atoms with E-state index in [2.05, 4.69) is 5.32 Å². The highest BCUT2D eigenvalue weighted by Gasteiger charge is 2.18. The molecule has 1 rings (SSSR count). The van der Waals surface area contributed by atoms with Gasteiger partial charge in [0.05, 0.1) is 0 Å². The quantitative estimate of drug-likeness (QED) is 0.914. The molecule has 0 saturated heterocycles. The monoisotopic (exact) mass is 271 g/mol. The van der Waals surface area contributed by atoms with Gasteiger partial charge in [0.25, 0.3) is 0 Å². The maximum absolute atomic E-state index is 13.4. The van der Waals surface area contributed by atoms with E-state index in [4.69, 9.17) is 4.74 Å². The fraction of sp³-hybridized carbons (Fsp3) is 0.500. The molecule has 0 saturated carbocycles. The van der Waals surface area contributed by atoms with Crippen LogP contribution in [0.15, 0.2) is 18.2 Å². The highest BCUT2D eigenvalue weighted by Crippen LogP contribution is 2.12. The molecule has 0 fully saturated rings. The van der Waals surface area contributed by atoms with Crippen molar-refractivity contribution in [3.63, 3.8) is 0 Å². The van der Waals surface area contributed by atoms with E-state index in [0.717, 1.165) is 18.2 Å². The molecule has 0 aliphatic heterocycles. The van der Waals surface area contributed by atoms with Gasteiger partial charge in [0, 0.05) is 6.04 Å². The standard InChI is InChI=1S/C14H19F2NO2/c1-9(17-13(18)19-14(2,3)4)7-10-8-11(15)5-6-12(10)16/h5-6,8-9H,7H2,1-4H3,(H,17,18). The number of amides is 1. The summed E-state index contributed by atoms with van der Waals surface area (Å²) < 4.78 is 31.5. The Morgan fingerprint density at radius 1 is 1.37 bits per heavy atom. The van der Waals surface area contributed by atoms with Gasteiger partial charge < -0.3 is 10.1 Å². The Morgan fingerprint density at radius 3 is 2.58 bits per heavy atom. The Morgan fingerprint density at radius 2 is 2.00 bits per heavy atom. The first-order chi connectivity index (χ1) is 8.67. The Labute approximate surface area is 112 Å². The Hall–Kier alpha value is -1.65. The number of alkyl carbamates (subject to hydrolysis) is 1. The van der Waals surface area contributed by atoms with E-state index in [-0.39, 0.29) is 18.0 Å². The molecule has 0 aliphatic carbocycles. The van der Waals surface area contributed by atoms with Crippen LogP contribution in [0.3, 0.4) is 0 Å². The summed E-state index contributed by atoms with van der Waals surface area (Å²) >= 11 is 0. The molecule has 1 aromatic carbocycles. The van der Waals surface area contributed by atoms with Gasteiger partial charge in [-0.05, 0) is 57.9 Å². The lowest BCUT2D eigenvalue weighted by molar-refractivity contribution is 0.0508. The van der Waals surface area contributed by atoms with Crippen LogP contribution in [0.2, 0.25) is 0 Å². The number of ether oxygens (including phenoxy) is 1. The summed E-state index contributed by atoms with van der Waals surface area (Å²) in [5.74, 6) is -0.986. The molecule has 0 bridgehead atoms. The lowest BCUT2D eigenvalue weighted by Crippen LogP contribution is -2.38. The summed E-state index contributed by atoms with van der Waals surface area (Å²) in [6, 6.07) is 2.91. The molecule has 1 aromatic rings. The van der Waals surface area contributed by atoms with Crippen molar-refractivity contribution in [3.05, 3.63) is 35.4 Å². The zero-order chi connectivity index (χ0) is 14.6. The van der Waals surface area contributed by atoms with Crippen LogP contribution in [0.1, 0.15) is 33.3 Å². The van der Waals surface area contributed by atoms with Crippen LogP contribution in [-0.2, 0) is 11.2 Å². The minimum atomic E-state index is -0.589. The Bertz CT molecular complexity index is 455. The van der Waals surface area contributed by atoms with Gasteiger partial charge in [0.2, 0.25) is 0 Å². The fourth-order valence-electron chi connectivity index (χ4n) is 1.59. The smallest absolute Gasteiger partial charge is 0.407 e. The van der Waals surface area contributed by atoms with Gasteiger partial charge in [-0.1, -0.05) is 0 Å². The summed E-state index contributed by atoms with van der Waals surface area (Å²) in [4.78, 5) is 11.5. The van der Waals surface area contributed by atoms with Gasteiger partial charge >= 0.3 is 6.09 Å². The number of nitrogens with one attached hydrogen (secondary N) is 1. The normalized spacial score (nSPS) is 12.9. The first-order valence-corrected chi connectivity index (χ1v) is 6.11. The van der Waals surface area contributed by atoms with E-state index < -0.39 is 23.3 Å². The fourth-order valence-corrected chi connectivity index (χ4v) is 1.59. The van der Waals surface area contributed by atoms with E-state index >= 15 is 0 Å². The lowest BCUT2D eigenvalue weighted by Gasteiger charge is -2.22. The van der Waals surface area contributed by atoms with Crippen LogP contribution in [0, 0.1) is 11.6 Å². The zero-order valence-corrected chi connectivity index (χ0v) is 11.6. The molecule has 19 heavy (non-hydrogen) atoms. The number of carbonyl (C=O) groups excluding carboxylic acids is 1. The number of halogens is 2. The first kappa shape index (κ1) is 15.4. The molecule has 5 heteroatoms. The average Bonchev–Trinajstić information content (AvgIpc) is 2.20. The molecule has 1 N–H and O–H groups in total. The Balaban J connectivity index is 2.58. The van der Waals surface area contributed by atoms with Crippen molar-refractivity contribution in [2.45, 2.75) is 45.8 Å². The minimum Gasteiger partial charge on any atom is -0.444 e. The topological polar surface area (TPSA) is 38.3 Å². The van der Waals surface area contributed by atoms with Gasteiger partial charge in [-0.25, -0.2) is 13.6 Å². The van der Waals surface area contributed by atoms with E-state index in [1.807, 2.05) is 0 Å². The number of rotatable bonds is 3. The summed E-state index contributed by atoms with van der Waals surface area (Å²) in [7, 11) is 0. The van der Waals surface area contributed by atoms with Crippen molar-refractivity contribution in [1.82, 2.24) is 5.32 Å². The molecule has 0 radical (unpaired) electrons. The molecule has 3 nitrogen and oxygen atoms in total. The highest BCUT2D eigenvalue weighted by atomic mass is 19.1. The van der Waals surface area contributed by atoms with Gasteiger partial charge in [-0.2, -0.15) is 0 Å². The SMILES string of the molecule is CC(Cc1cc(F)ccc1F)NC(=O)OC(C)(C)C. The van der Waals surface area contributed by atoms with Crippen molar-refractivity contribution in [1.29, 1.82) is 0 Å². The summed E-state index contributed by atoms with van der Waals surface area (Å²) in [6.45, 7) is 6.96. The van der Waals surface area contributed by atoms with Crippen LogP contribution in [0.25, 0.3) is 0 Å². The van der Waals surface area contributed by atoms with E-state index in [0.29, 0.717) is 0 Å². The van der Waals surface area contributed by atoms with Crippen LogP contribution < -0.4 is 5.32 Å². The van der Waals surface area contributed by atoms with Crippen molar-refractivity contribution < 1.29 is 18.3 Å². The third-order valence-electron chi connectivity index (χ3n) is 2.30. The van der Waals surface area contributed by atoms with Crippen LogP contribution in [0.5, 0.6) is 0 Å². The zero-order valence-electron chi connectivity index (χ0n) is 11.6. The molecule has 106 valence electrons. The molecule has 1 amide bonds. The average molecular weight is 271 g/mol. The minimum absolute atomic E-state index is 0.197. The lowest BCUT2D eigenvalue weighted by atomic mass is 10.1. The summed E-state index contributed by atoms with van der Waals surface area (Å²) in [5.41, 5.74) is -0.364. The maximum atomic E-state index is 13.4. The third kappa shape index (κ3) is 5.68. The van der Waals surface area contributed by atoms with Gasteiger partial charge in [-0.3, -0.25) is 0 Å². The van der Waals surface area contributed by atoms with Crippen molar-refractivity contribution >= 4 is 6.09 Å². The predicted octanol–water partition coefficient (Wildman–Crippen LogP) is 3.42. The summed E-state index contributed by atoms with van der Waals surface area (Å²) in [5, 5.41) is 2.58. The van der Waals surface area contributed by atoms with E-state index in [1.165, 1.54) is 0 Å². The first-order valence-electron chi connectivity index (χ1n) is 6.11. The molecule has 0 heterocycles. The van der Waals surface area contributed by atoms with Gasteiger partial charge in [0.15, 0.2) is 0 Å². The second-order valence-electron chi connectivity index (χ2n) is 5.49. The Kier molecular flexibility index (Phi) is 4.86. The van der Waals surface area contributed by atoms with Gasteiger partial charge in [-0.15, -0.1) is 0 Å². The molecule has 0 aliphatic rings. The molecular formula is C14H19F2NO2. The van der Waals surface area contributed by atoms with Gasteiger partial charge in [0.1, 0.15) is 17.2 Å². The largest absolute Gasteiger partial charge is 0.444 e. The number of carbonyl (C=O) groups is 1. The molecule has 1 unspecified atom stereocenters. The molecule has 0 aromatic heterocycles. The summed E-state index contributed by atoms with van der Waals surface area (Å²) in [6.07, 6.45) is -0.375. The van der Waals surface area contributed by atoms with Crippen LogP contribution >= 0.6 is 0 Å². The second-order valence-corrected chi connectivity index (χ2v) is 5.49.